The molecule has 0 saturated carbocycles. The van der Waals surface area contributed by atoms with Gasteiger partial charge < -0.3 is 10.2 Å². The molecule has 1 aromatic heterocycles. The molecule has 1 heterocycles. The smallest absolute Gasteiger partial charge is 0.173 e. The summed E-state index contributed by atoms with van der Waals surface area (Å²) in [4.78, 5) is 6.13. The van der Waals surface area contributed by atoms with Crippen molar-refractivity contribution < 1.29 is 4.39 Å². The molecule has 2 aromatic rings. The molecule has 0 fully saturated rings. The molecular formula is C15H16FN3S. The molecular weight excluding hydrogens is 273 g/mol. The molecule has 104 valence electrons. The average Bonchev–Trinajstić information content (AvgIpc) is 2.48. The molecule has 0 bridgehead atoms. The van der Waals surface area contributed by atoms with E-state index >= 15 is 0 Å². The monoisotopic (exact) mass is 289 g/mol. The third-order valence-corrected chi connectivity index (χ3v) is 3.31. The fraction of sp³-hybridized carbons (Fsp3) is 0.200. The SMILES string of the molecule is CN(CCc1ccccn1)C(=S)Nc1ccccc1F. The maximum atomic E-state index is 13.5. The second-order valence-corrected chi connectivity index (χ2v) is 4.79. The van der Waals surface area contributed by atoms with Gasteiger partial charge >= 0.3 is 0 Å². The van der Waals surface area contributed by atoms with Crippen LogP contribution in [0.2, 0.25) is 0 Å². The van der Waals surface area contributed by atoms with Gasteiger partial charge in [-0.1, -0.05) is 18.2 Å². The molecule has 0 unspecified atom stereocenters. The second-order valence-electron chi connectivity index (χ2n) is 4.40. The summed E-state index contributed by atoms with van der Waals surface area (Å²) in [6.45, 7) is 0.720. The van der Waals surface area contributed by atoms with Crippen LogP contribution in [-0.2, 0) is 6.42 Å². The fourth-order valence-electron chi connectivity index (χ4n) is 1.70. The summed E-state index contributed by atoms with van der Waals surface area (Å²) in [6, 6.07) is 12.3. The van der Waals surface area contributed by atoms with E-state index < -0.39 is 0 Å². The van der Waals surface area contributed by atoms with Gasteiger partial charge in [0.15, 0.2) is 5.11 Å². The Morgan fingerprint density at radius 2 is 2.00 bits per heavy atom. The zero-order valence-electron chi connectivity index (χ0n) is 11.2. The van der Waals surface area contributed by atoms with E-state index in [9.17, 15) is 4.39 Å². The maximum absolute atomic E-state index is 13.5. The molecule has 0 spiro atoms. The quantitative estimate of drug-likeness (QED) is 0.876. The zero-order valence-corrected chi connectivity index (χ0v) is 12.0. The topological polar surface area (TPSA) is 28.2 Å². The Hall–Kier alpha value is -2.01. The van der Waals surface area contributed by atoms with E-state index in [-0.39, 0.29) is 5.82 Å². The van der Waals surface area contributed by atoms with Gasteiger partial charge in [-0.25, -0.2) is 4.39 Å². The Morgan fingerprint density at radius 3 is 2.70 bits per heavy atom. The molecule has 0 amide bonds. The van der Waals surface area contributed by atoms with E-state index in [0.717, 1.165) is 18.7 Å². The number of para-hydroxylation sites is 1. The number of hydrogen-bond acceptors (Lipinski definition) is 2. The van der Waals surface area contributed by atoms with E-state index in [1.165, 1.54) is 6.07 Å². The largest absolute Gasteiger partial charge is 0.352 e. The number of likely N-dealkylation sites (N-methyl/N-ethyl adjacent to an activating group) is 1. The van der Waals surface area contributed by atoms with E-state index in [1.54, 1.807) is 24.4 Å². The summed E-state index contributed by atoms with van der Waals surface area (Å²) in [5.74, 6) is -0.312. The van der Waals surface area contributed by atoms with Crippen molar-refractivity contribution in [1.29, 1.82) is 0 Å². The van der Waals surface area contributed by atoms with E-state index in [2.05, 4.69) is 10.3 Å². The van der Waals surface area contributed by atoms with Gasteiger partial charge in [0.05, 0.1) is 5.69 Å². The van der Waals surface area contributed by atoms with Gasteiger partial charge in [0.2, 0.25) is 0 Å². The van der Waals surface area contributed by atoms with Crippen LogP contribution < -0.4 is 5.32 Å². The lowest BCUT2D eigenvalue weighted by molar-refractivity contribution is 0.512. The Balaban J connectivity index is 1.88. The lowest BCUT2D eigenvalue weighted by atomic mass is 10.2. The summed E-state index contributed by atoms with van der Waals surface area (Å²) in [5.41, 5.74) is 1.40. The molecule has 5 heteroatoms. The number of nitrogens with one attached hydrogen (secondary N) is 1. The maximum Gasteiger partial charge on any atom is 0.173 e. The first-order valence-electron chi connectivity index (χ1n) is 6.33. The highest BCUT2D eigenvalue weighted by Crippen LogP contribution is 2.13. The van der Waals surface area contributed by atoms with Crippen molar-refractivity contribution in [2.24, 2.45) is 0 Å². The number of rotatable bonds is 4. The zero-order chi connectivity index (χ0) is 14.4. The number of hydrogen-bond donors (Lipinski definition) is 1. The number of anilines is 1. The summed E-state index contributed by atoms with van der Waals surface area (Å²) in [5, 5.41) is 3.40. The van der Waals surface area contributed by atoms with Crippen LogP contribution in [0.5, 0.6) is 0 Å². The molecule has 0 saturated heterocycles. The minimum absolute atomic E-state index is 0.312. The first-order valence-corrected chi connectivity index (χ1v) is 6.74. The number of thiocarbonyl (C=S) groups is 1. The number of nitrogens with zero attached hydrogens (tertiary/aromatic N) is 2. The minimum Gasteiger partial charge on any atom is -0.352 e. The van der Waals surface area contributed by atoms with Crippen LogP contribution in [0.15, 0.2) is 48.7 Å². The van der Waals surface area contributed by atoms with Crippen molar-refractivity contribution in [3.05, 3.63) is 60.2 Å². The van der Waals surface area contributed by atoms with Crippen molar-refractivity contribution in [2.45, 2.75) is 6.42 Å². The van der Waals surface area contributed by atoms with Crippen molar-refractivity contribution in [2.75, 3.05) is 18.9 Å². The lowest BCUT2D eigenvalue weighted by Crippen LogP contribution is -2.33. The fourth-order valence-corrected chi connectivity index (χ4v) is 1.90. The van der Waals surface area contributed by atoms with Gasteiger partial charge in [-0.2, -0.15) is 0 Å². The number of aromatic nitrogens is 1. The van der Waals surface area contributed by atoms with Crippen LogP contribution in [0.3, 0.4) is 0 Å². The first-order chi connectivity index (χ1) is 9.66. The van der Waals surface area contributed by atoms with E-state index in [4.69, 9.17) is 12.2 Å². The third-order valence-electron chi connectivity index (χ3n) is 2.89. The van der Waals surface area contributed by atoms with Crippen LogP contribution in [0.25, 0.3) is 0 Å². The highest BCUT2D eigenvalue weighted by molar-refractivity contribution is 7.80. The molecule has 1 N–H and O–H groups in total. The summed E-state index contributed by atoms with van der Waals surface area (Å²) in [6.07, 6.45) is 2.56. The molecule has 0 atom stereocenters. The van der Waals surface area contributed by atoms with Crippen LogP contribution in [0.1, 0.15) is 5.69 Å². The third kappa shape index (κ3) is 3.99. The van der Waals surface area contributed by atoms with Gasteiger partial charge in [0.25, 0.3) is 0 Å². The van der Waals surface area contributed by atoms with Crippen molar-refractivity contribution in [3.8, 4) is 0 Å². The van der Waals surface area contributed by atoms with Gasteiger partial charge in [0.1, 0.15) is 5.82 Å². The van der Waals surface area contributed by atoms with E-state index in [1.807, 2.05) is 30.1 Å². The van der Waals surface area contributed by atoms with Gasteiger partial charge in [-0.15, -0.1) is 0 Å². The predicted molar refractivity (Wildman–Crippen MR) is 83.2 cm³/mol. The van der Waals surface area contributed by atoms with E-state index in [0.29, 0.717) is 10.8 Å². The van der Waals surface area contributed by atoms with Crippen molar-refractivity contribution in [1.82, 2.24) is 9.88 Å². The number of benzene rings is 1. The predicted octanol–water partition coefficient (Wildman–Crippen LogP) is 3.09. The second kappa shape index (κ2) is 6.96. The number of pyridine rings is 1. The molecule has 2 rings (SSSR count). The molecule has 0 aliphatic carbocycles. The van der Waals surface area contributed by atoms with Crippen LogP contribution in [-0.4, -0.2) is 28.6 Å². The molecule has 0 aliphatic rings. The van der Waals surface area contributed by atoms with Crippen molar-refractivity contribution in [3.63, 3.8) is 0 Å². The van der Waals surface area contributed by atoms with Crippen LogP contribution in [0, 0.1) is 5.82 Å². The normalized spacial score (nSPS) is 10.1. The Bertz CT molecular complexity index is 574. The summed E-state index contributed by atoms with van der Waals surface area (Å²) in [7, 11) is 1.87. The van der Waals surface area contributed by atoms with Crippen LogP contribution >= 0.6 is 12.2 Å². The van der Waals surface area contributed by atoms with Gasteiger partial charge in [-0.05, 0) is 36.5 Å². The number of halogens is 1. The average molecular weight is 289 g/mol. The standard InChI is InChI=1S/C15H16FN3S/c1-19(11-9-12-6-4-5-10-17-12)15(20)18-14-8-3-2-7-13(14)16/h2-8,10H,9,11H2,1H3,(H,18,20). The van der Waals surface area contributed by atoms with Crippen LogP contribution in [0.4, 0.5) is 10.1 Å². The Morgan fingerprint density at radius 1 is 1.25 bits per heavy atom. The molecule has 0 radical (unpaired) electrons. The van der Waals surface area contributed by atoms with Crippen molar-refractivity contribution >= 4 is 23.0 Å². The lowest BCUT2D eigenvalue weighted by Gasteiger charge is -2.21. The minimum atomic E-state index is -0.312. The molecule has 1 aromatic carbocycles. The molecule has 3 nitrogen and oxygen atoms in total. The Kier molecular flexibility index (Phi) is 5.01. The first kappa shape index (κ1) is 14.4. The highest BCUT2D eigenvalue weighted by Gasteiger charge is 2.07. The summed E-state index contributed by atoms with van der Waals surface area (Å²) >= 11 is 5.26. The van der Waals surface area contributed by atoms with Gasteiger partial charge in [0, 0.05) is 31.9 Å². The molecule has 20 heavy (non-hydrogen) atoms. The molecule has 0 aliphatic heterocycles. The van der Waals surface area contributed by atoms with Gasteiger partial charge in [-0.3, -0.25) is 4.98 Å². The Labute approximate surface area is 123 Å². The summed E-state index contributed by atoms with van der Waals surface area (Å²) < 4.78 is 13.5. The highest BCUT2D eigenvalue weighted by atomic mass is 32.1.